The van der Waals surface area contributed by atoms with Gasteiger partial charge in [-0.2, -0.15) is 0 Å². The van der Waals surface area contributed by atoms with Crippen LogP contribution in [0.5, 0.6) is 0 Å². The highest BCUT2D eigenvalue weighted by molar-refractivity contribution is 14.1. The normalized spacial score (nSPS) is 18.6. The van der Waals surface area contributed by atoms with Gasteiger partial charge in [0, 0.05) is 9.99 Å². The van der Waals surface area contributed by atoms with E-state index in [2.05, 4.69) is 32.8 Å². The molecule has 0 radical (unpaired) electrons. The van der Waals surface area contributed by atoms with Gasteiger partial charge in [0.15, 0.2) is 4.34 Å². The van der Waals surface area contributed by atoms with Crippen LogP contribution in [0.2, 0.25) is 0 Å². The van der Waals surface area contributed by atoms with E-state index in [1.807, 2.05) is 19.1 Å². The highest BCUT2D eigenvalue weighted by Gasteiger charge is 2.40. The summed E-state index contributed by atoms with van der Waals surface area (Å²) in [6.45, 7) is 1.86. The van der Waals surface area contributed by atoms with Crippen LogP contribution in [0.3, 0.4) is 0 Å². The van der Waals surface area contributed by atoms with Crippen molar-refractivity contribution in [3.05, 3.63) is 32.8 Å². The Morgan fingerprint density at radius 2 is 2.00 bits per heavy atom. The van der Waals surface area contributed by atoms with E-state index in [9.17, 15) is 9.59 Å². The Labute approximate surface area is 143 Å². The smallest absolute Gasteiger partial charge is 0.247 e. The minimum Gasteiger partial charge on any atom is -0.274 e. The molecule has 5 nitrogen and oxygen atoms in total. The first-order valence-electron chi connectivity index (χ1n) is 6.14. The maximum atomic E-state index is 12.5. The molecular formula is C13H10IN3O2S2. The predicted molar refractivity (Wildman–Crippen MR) is 90.6 cm³/mol. The Morgan fingerprint density at radius 1 is 1.29 bits per heavy atom. The molecule has 2 heterocycles. The van der Waals surface area contributed by atoms with Crippen LogP contribution in [-0.2, 0) is 9.59 Å². The fourth-order valence-electron chi connectivity index (χ4n) is 2.01. The third kappa shape index (κ3) is 3.11. The van der Waals surface area contributed by atoms with E-state index in [1.54, 1.807) is 12.1 Å². The summed E-state index contributed by atoms with van der Waals surface area (Å²) in [6.07, 6.45) is 0.202. The number of thioether (sulfide) groups is 1. The molecule has 1 aromatic heterocycles. The molecule has 8 heteroatoms. The van der Waals surface area contributed by atoms with Gasteiger partial charge in [0.25, 0.3) is 0 Å². The zero-order valence-corrected chi connectivity index (χ0v) is 14.7. The van der Waals surface area contributed by atoms with Crippen LogP contribution < -0.4 is 4.90 Å². The van der Waals surface area contributed by atoms with Crippen molar-refractivity contribution in [3.8, 4) is 0 Å². The molecule has 1 aromatic carbocycles. The van der Waals surface area contributed by atoms with Crippen molar-refractivity contribution in [3.63, 3.8) is 0 Å². The molecule has 0 N–H and O–H groups in total. The quantitative estimate of drug-likeness (QED) is 0.553. The summed E-state index contributed by atoms with van der Waals surface area (Å²) < 4.78 is 1.79. The maximum absolute atomic E-state index is 12.5. The molecular weight excluding hydrogens is 421 g/mol. The zero-order chi connectivity index (χ0) is 15.0. The van der Waals surface area contributed by atoms with Crippen molar-refractivity contribution in [2.75, 3.05) is 4.90 Å². The Kier molecular flexibility index (Phi) is 4.27. The molecule has 108 valence electrons. The van der Waals surface area contributed by atoms with E-state index in [4.69, 9.17) is 0 Å². The number of hydrogen-bond acceptors (Lipinski definition) is 6. The number of anilines is 1. The van der Waals surface area contributed by atoms with Gasteiger partial charge in [-0.25, -0.2) is 4.90 Å². The van der Waals surface area contributed by atoms with Gasteiger partial charge in [-0.1, -0.05) is 23.1 Å². The van der Waals surface area contributed by atoms with Gasteiger partial charge >= 0.3 is 0 Å². The van der Waals surface area contributed by atoms with Crippen LogP contribution in [-0.4, -0.2) is 27.3 Å². The number of carbonyl (C=O) groups is 2. The summed E-state index contributed by atoms with van der Waals surface area (Å²) in [5.74, 6) is -0.348. The lowest BCUT2D eigenvalue weighted by molar-refractivity contribution is -0.121. The van der Waals surface area contributed by atoms with Crippen molar-refractivity contribution in [1.82, 2.24) is 10.2 Å². The van der Waals surface area contributed by atoms with E-state index in [0.29, 0.717) is 5.69 Å². The van der Waals surface area contributed by atoms with Crippen LogP contribution >= 0.6 is 45.7 Å². The summed E-state index contributed by atoms with van der Waals surface area (Å²) in [5.41, 5.74) is 0.627. The Morgan fingerprint density at radius 3 is 2.62 bits per heavy atom. The summed E-state index contributed by atoms with van der Waals surface area (Å²) in [5, 5.41) is 8.36. The second-order valence-electron chi connectivity index (χ2n) is 4.44. The van der Waals surface area contributed by atoms with Crippen molar-refractivity contribution in [1.29, 1.82) is 0 Å². The number of aromatic nitrogens is 2. The molecule has 1 saturated heterocycles. The SMILES string of the molecule is Cc1nnc(S[C@@H]2CC(=O)N(c3ccc(I)cc3)C2=O)s1. The molecule has 2 amide bonds. The zero-order valence-electron chi connectivity index (χ0n) is 10.9. The van der Waals surface area contributed by atoms with E-state index in [-0.39, 0.29) is 18.2 Å². The number of carbonyl (C=O) groups excluding carboxylic acids is 2. The lowest BCUT2D eigenvalue weighted by atomic mass is 10.3. The van der Waals surface area contributed by atoms with Crippen molar-refractivity contribution < 1.29 is 9.59 Å². The predicted octanol–water partition coefficient (Wildman–Crippen LogP) is 2.88. The fourth-order valence-corrected chi connectivity index (χ4v) is 4.45. The average molecular weight is 431 g/mol. The minimum absolute atomic E-state index is 0.167. The minimum atomic E-state index is -0.413. The number of imide groups is 1. The third-order valence-electron chi connectivity index (χ3n) is 2.94. The monoisotopic (exact) mass is 431 g/mol. The van der Waals surface area contributed by atoms with E-state index < -0.39 is 5.25 Å². The molecule has 0 spiro atoms. The summed E-state index contributed by atoms with van der Waals surface area (Å²) in [4.78, 5) is 25.8. The maximum Gasteiger partial charge on any atom is 0.247 e. The topological polar surface area (TPSA) is 63.2 Å². The van der Waals surface area contributed by atoms with Crippen molar-refractivity contribution in [2.45, 2.75) is 22.9 Å². The number of amides is 2. The molecule has 1 atom stereocenters. The molecule has 0 aliphatic carbocycles. The molecule has 0 bridgehead atoms. The van der Waals surface area contributed by atoms with Crippen LogP contribution in [0.25, 0.3) is 0 Å². The largest absolute Gasteiger partial charge is 0.274 e. The molecule has 2 aromatic rings. The van der Waals surface area contributed by atoms with Gasteiger partial charge in [-0.05, 0) is 53.8 Å². The van der Waals surface area contributed by atoms with Gasteiger partial charge in [-0.3, -0.25) is 9.59 Å². The first-order chi connectivity index (χ1) is 10.0. The van der Waals surface area contributed by atoms with E-state index in [1.165, 1.54) is 28.0 Å². The number of rotatable bonds is 3. The number of nitrogens with zero attached hydrogens (tertiary/aromatic N) is 3. The second-order valence-corrected chi connectivity index (χ2v) is 8.32. The summed E-state index contributed by atoms with van der Waals surface area (Å²) in [7, 11) is 0. The van der Waals surface area contributed by atoms with Gasteiger partial charge in [0.05, 0.1) is 5.69 Å². The number of halogens is 1. The molecule has 1 fully saturated rings. The van der Waals surface area contributed by atoms with Crippen molar-refractivity contribution in [2.24, 2.45) is 0 Å². The molecule has 3 rings (SSSR count). The molecule has 0 unspecified atom stereocenters. The number of hydrogen-bond donors (Lipinski definition) is 0. The number of aryl methyl sites for hydroxylation is 1. The van der Waals surface area contributed by atoms with Crippen molar-refractivity contribution >= 4 is 63.2 Å². The highest BCUT2D eigenvalue weighted by Crippen LogP contribution is 2.35. The molecule has 1 aliphatic heterocycles. The lowest BCUT2D eigenvalue weighted by Gasteiger charge is -2.14. The first kappa shape index (κ1) is 14.9. The molecule has 0 saturated carbocycles. The Hall–Kier alpha value is -1.00. The Balaban J connectivity index is 1.80. The highest BCUT2D eigenvalue weighted by atomic mass is 127. The lowest BCUT2D eigenvalue weighted by Crippen LogP contribution is -2.31. The van der Waals surface area contributed by atoms with Crippen LogP contribution in [0.1, 0.15) is 11.4 Å². The van der Waals surface area contributed by atoms with Crippen LogP contribution in [0, 0.1) is 10.5 Å². The third-order valence-corrected chi connectivity index (χ3v) is 5.77. The second kappa shape index (κ2) is 6.01. The summed E-state index contributed by atoms with van der Waals surface area (Å²) >= 11 is 4.94. The van der Waals surface area contributed by atoms with E-state index in [0.717, 1.165) is 12.9 Å². The van der Waals surface area contributed by atoms with E-state index >= 15 is 0 Å². The fraction of sp³-hybridized carbons (Fsp3) is 0.231. The summed E-state index contributed by atoms with van der Waals surface area (Å²) in [6, 6.07) is 7.34. The molecule has 1 aliphatic rings. The van der Waals surface area contributed by atoms with Gasteiger partial charge in [0.1, 0.15) is 10.3 Å². The van der Waals surface area contributed by atoms with Gasteiger partial charge < -0.3 is 0 Å². The molecule has 21 heavy (non-hydrogen) atoms. The number of benzene rings is 1. The van der Waals surface area contributed by atoms with Gasteiger partial charge in [0.2, 0.25) is 11.8 Å². The average Bonchev–Trinajstić information content (AvgIpc) is 2.96. The van der Waals surface area contributed by atoms with Gasteiger partial charge in [-0.15, -0.1) is 10.2 Å². The Bertz CT molecular complexity index is 702. The first-order valence-corrected chi connectivity index (χ1v) is 8.91. The van der Waals surface area contributed by atoms with Crippen LogP contribution in [0.4, 0.5) is 5.69 Å². The standard InChI is InChI=1S/C13H10IN3O2S2/c1-7-15-16-13(20-7)21-10-6-11(18)17(12(10)19)9-4-2-8(14)3-5-9/h2-5,10H,6H2,1H3/t10-/m1/s1. The van der Waals surface area contributed by atoms with Crippen LogP contribution in [0.15, 0.2) is 28.6 Å².